The Balaban J connectivity index is 1.19. The number of nitrogens with two attached hydrogens (primary N) is 1. The number of likely N-dealkylation sites (tertiary alicyclic amines) is 1. The van der Waals surface area contributed by atoms with Gasteiger partial charge in [-0.3, -0.25) is 19.2 Å². The second-order valence-electron chi connectivity index (χ2n) is 13.8. The van der Waals surface area contributed by atoms with Crippen LogP contribution < -0.4 is 15.4 Å². The highest BCUT2D eigenvalue weighted by atomic mass is 35.5. The summed E-state index contributed by atoms with van der Waals surface area (Å²) in [6.45, 7) is 6.33. The summed E-state index contributed by atoms with van der Waals surface area (Å²) in [6, 6.07) is 6.88. The lowest BCUT2D eigenvalue weighted by Crippen LogP contribution is -2.54. The van der Waals surface area contributed by atoms with Crippen molar-refractivity contribution in [2.24, 2.45) is 5.92 Å². The molecule has 17 heteroatoms. The Morgan fingerprint density at radius 1 is 1.15 bits per heavy atom. The van der Waals surface area contributed by atoms with Crippen molar-refractivity contribution < 1.29 is 31.9 Å². The van der Waals surface area contributed by atoms with Crippen LogP contribution in [-0.4, -0.2) is 113 Å². The number of ether oxygens (including phenoxy) is 1. The number of carbonyl (C=O) groups excluding carboxylic acids is 1. The number of fused-ring (bicyclic) bond motifs is 3. The number of aromatic nitrogens is 4. The van der Waals surface area contributed by atoms with E-state index in [4.69, 9.17) is 36.1 Å². The molecule has 0 spiro atoms. The van der Waals surface area contributed by atoms with Gasteiger partial charge in [0.05, 0.1) is 29.2 Å². The first-order valence-electron chi connectivity index (χ1n) is 17.5. The highest BCUT2D eigenvalue weighted by Gasteiger charge is 2.49. The molecule has 0 saturated carbocycles. The van der Waals surface area contributed by atoms with Crippen LogP contribution in [0.15, 0.2) is 30.5 Å². The largest absolute Gasteiger partial charge is 0.461 e. The van der Waals surface area contributed by atoms with Crippen molar-refractivity contribution >= 4 is 58.4 Å². The van der Waals surface area contributed by atoms with Crippen LogP contribution in [0.1, 0.15) is 33.1 Å². The molecule has 3 aliphatic heterocycles. The molecule has 0 radical (unpaired) electrons. The van der Waals surface area contributed by atoms with Gasteiger partial charge < -0.3 is 29.3 Å². The lowest BCUT2D eigenvalue weighted by Gasteiger charge is -2.41. The van der Waals surface area contributed by atoms with Crippen molar-refractivity contribution in [2.45, 2.75) is 44.8 Å². The minimum atomic E-state index is -3.53. The summed E-state index contributed by atoms with van der Waals surface area (Å²) in [5, 5.41) is 1.88. The van der Waals surface area contributed by atoms with Crippen LogP contribution in [0.3, 0.4) is 0 Å². The number of rotatable bonds is 13. The van der Waals surface area contributed by atoms with E-state index in [1.807, 2.05) is 18.0 Å². The Labute approximate surface area is 305 Å². The van der Waals surface area contributed by atoms with Gasteiger partial charge in [0.1, 0.15) is 47.5 Å². The maximum absolute atomic E-state index is 16.8. The van der Waals surface area contributed by atoms with Gasteiger partial charge in [-0.2, -0.15) is 9.97 Å². The van der Waals surface area contributed by atoms with E-state index in [1.165, 1.54) is 6.20 Å². The summed E-state index contributed by atoms with van der Waals surface area (Å²) in [6.07, 6.45) is 2.30. The van der Waals surface area contributed by atoms with E-state index in [1.54, 1.807) is 36.9 Å². The standard InChI is InChI=1S/C35H42ClF2N8O5P/c1-4-50-52(48,51-5-2)19-27(47)45-16-21(17-45)15-44(3)33-24-14-40-32(31-28-22(12-26(39)41-31)8-6-9-25(28)36)29(38)30(24)42-34(43-33)49-20-35-10-7-11-46(35)18-23(37)13-35/h6,8-9,12,14,21,23H,4-5,7,10-11,13,15-20H2,1-3H3,(H2,39,41)/t23-,35+/m1/s1. The number of hydrogen-bond donors (Lipinski definition) is 1. The van der Waals surface area contributed by atoms with Crippen LogP contribution in [0.25, 0.3) is 33.1 Å². The molecule has 278 valence electrons. The number of benzene rings is 1. The molecule has 2 atom stereocenters. The zero-order valence-electron chi connectivity index (χ0n) is 29.4. The van der Waals surface area contributed by atoms with Crippen molar-refractivity contribution in [3.63, 3.8) is 0 Å². The quantitative estimate of drug-likeness (QED) is 0.166. The van der Waals surface area contributed by atoms with Crippen LogP contribution in [0.4, 0.5) is 20.4 Å². The maximum Gasteiger partial charge on any atom is 0.340 e. The Kier molecular flexibility index (Phi) is 10.3. The molecular formula is C35H42ClF2N8O5P. The second-order valence-corrected chi connectivity index (χ2v) is 16.2. The van der Waals surface area contributed by atoms with Gasteiger partial charge in [0.25, 0.3) is 0 Å². The van der Waals surface area contributed by atoms with E-state index in [0.717, 1.165) is 19.4 Å². The summed E-state index contributed by atoms with van der Waals surface area (Å²) in [5.74, 6) is -0.476. The smallest absolute Gasteiger partial charge is 0.340 e. The zero-order chi connectivity index (χ0) is 36.8. The number of hydrogen-bond acceptors (Lipinski definition) is 12. The summed E-state index contributed by atoms with van der Waals surface area (Å²) in [7, 11) is -1.72. The van der Waals surface area contributed by atoms with Gasteiger partial charge in [-0.1, -0.05) is 23.7 Å². The van der Waals surface area contributed by atoms with Crippen LogP contribution in [0.5, 0.6) is 6.01 Å². The highest BCUT2D eigenvalue weighted by Crippen LogP contribution is 2.48. The van der Waals surface area contributed by atoms with Crippen molar-refractivity contribution in [1.82, 2.24) is 29.7 Å². The first kappa shape index (κ1) is 36.6. The molecule has 3 aliphatic rings. The third kappa shape index (κ3) is 7.01. The summed E-state index contributed by atoms with van der Waals surface area (Å²) in [4.78, 5) is 36.8. The van der Waals surface area contributed by atoms with Crippen LogP contribution >= 0.6 is 19.2 Å². The Bertz CT molecular complexity index is 2050. The molecule has 13 nitrogen and oxygen atoms in total. The van der Waals surface area contributed by atoms with E-state index < -0.39 is 25.1 Å². The number of halogens is 3. The fraction of sp³-hybridized carbons (Fsp3) is 0.514. The molecule has 4 aromatic rings. The predicted octanol–water partition coefficient (Wildman–Crippen LogP) is 5.73. The van der Waals surface area contributed by atoms with E-state index >= 15 is 4.39 Å². The van der Waals surface area contributed by atoms with Gasteiger partial charge in [0.15, 0.2) is 5.82 Å². The average molecular weight is 759 g/mol. The minimum Gasteiger partial charge on any atom is -0.461 e. The zero-order valence-corrected chi connectivity index (χ0v) is 31.0. The molecule has 3 fully saturated rings. The molecule has 0 bridgehead atoms. The third-order valence-corrected chi connectivity index (χ3v) is 12.4. The number of amides is 1. The van der Waals surface area contributed by atoms with E-state index in [0.29, 0.717) is 59.6 Å². The van der Waals surface area contributed by atoms with Crippen molar-refractivity contribution in [3.05, 3.63) is 41.3 Å². The summed E-state index contributed by atoms with van der Waals surface area (Å²) < 4.78 is 61.1. The molecule has 1 aromatic carbocycles. The molecule has 7 rings (SSSR count). The normalized spacial score (nSPS) is 20.8. The maximum atomic E-state index is 16.8. The highest BCUT2D eigenvalue weighted by molar-refractivity contribution is 7.54. The lowest BCUT2D eigenvalue weighted by atomic mass is 9.95. The molecule has 2 N–H and O–H groups in total. The summed E-state index contributed by atoms with van der Waals surface area (Å²) in [5.41, 5.74) is 5.71. The van der Waals surface area contributed by atoms with Crippen molar-refractivity contribution in [2.75, 3.05) is 76.4 Å². The number of nitrogens with zero attached hydrogens (tertiary/aromatic N) is 7. The van der Waals surface area contributed by atoms with Gasteiger partial charge in [-0.25, -0.2) is 13.8 Å². The monoisotopic (exact) mass is 758 g/mol. The molecule has 6 heterocycles. The predicted molar refractivity (Wildman–Crippen MR) is 195 cm³/mol. The van der Waals surface area contributed by atoms with E-state index in [2.05, 4.69) is 19.9 Å². The number of pyridine rings is 2. The van der Waals surface area contributed by atoms with Crippen LogP contribution in [-0.2, 0) is 18.4 Å². The molecule has 3 aromatic heterocycles. The Morgan fingerprint density at radius 3 is 2.67 bits per heavy atom. The minimum absolute atomic E-state index is 0.0369. The molecule has 52 heavy (non-hydrogen) atoms. The lowest BCUT2D eigenvalue weighted by molar-refractivity contribution is -0.134. The molecular weight excluding hydrogens is 717 g/mol. The first-order chi connectivity index (χ1) is 24.9. The van der Waals surface area contributed by atoms with E-state index in [9.17, 15) is 13.8 Å². The number of alkyl halides is 1. The van der Waals surface area contributed by atoms with Crippen LogP contribution in [0, 0.1) is 11.7 Å². The number of anilines is 2. The van der Waals surface area contributed by atoms with Crippen LogP contribution in [0.2, 0.25) is 5.02 Å². The van der Waals surface area contributed by atoms with Gasteiger partial charge in [0, 0.05) is 57.1 Å². The second kappa shape index (κ2) is 14.6. The van der Waals surface area contributed by atoms with Crippen molar-refractivity contribution in [1.29, 1.82) is 0 Å². The average Bonchev–Trinajstić information content (AvgIpc) is 3.60. The molecule has 3 saturated heterocycles. The van der Waals surface area contributed by atoms with E-state index in [-0.39, 0.29) is 66.5 Å². The molecule has 0 aliphatic carbocycles. The Morgan fingerprint density at radius 2 is 1.92 bits per heavy atom. The topological polar surface area (TPSA) is 149 Å². The molecule has 0 unspecified atom stereocenters. The molecule has 1 amide bonds. The van der Waals surface area contributed by atoms with Gasteiger partial charge in [0.2, 0.25) is 5.91 Å². The SMILES string of the molecule is CCOP(=O)(CC(=O)N1CC(CN(C)c2nc(OC[C@@]34CCCN3C[C@H](F)C4)nc3c(F)c(-c4nc(N)cc5cccc(Cl)c45)ncc23)C1)OCC. The Hall–Kier alpha value is -3.75. The third-order valence-electron chi connectivity index (χ3n) is 10.1. The number of carbonyl (C=O) groups is 1. The first-order valence-corrected chi connectivity index (χ1v) is 19.6. The summed E-state index contributed by atoms with van der Waals surface area (Å²) >= 11 is 6.58. The van der Waals surface area contributed by atoms with Gasteiger partial charge in [-0.15, -0.1) is 0 Å². The fourth-order valence-electron chi connectivity index (χ4n) is 7.80. The van der Waals surface area contributed by atoms with Gasteiger partial charge in [-0.05, 0) is 50.8 Å². The fourth-order valence-corrected chi connectivity index (χ4v) is 9.65. The van der Waals surface area contributed by atoms with Crippen molar-refractivity contribution in [3.8, 4) is 17.4 Å². The number of nitrogen functional groups attached to an aromatic ring is 1. The van der Waals surface area contributed by atoms with Gasteiger partial charge >= 0.3 is 13.6 Å².